The van der Waals surface area contributed by atoms with Crippen LogP contribution in [0.2, 0.25) is 0 Å². The van der Waals surface area contributed by atoms with Crippen molar-refractivity contribution in [3.63, 3.8) is 0 Å². The number of hydrogen-bond acceptors (Lipinski definition) is 4. The van der Waals surface area contributed by atoms with Crippen molar-refractivity contribution in [3.05, 3.63) is 29.8 Å². The summed E-state index contributed by atoms with van der Waals surface area (Å²) < 4.78 is 11.2. The summed E-state index contributed by atoms with van der Waals surface area (Å²) in [6, 6.07) is 8.25. The van der Waals surface area contributed by atoms with Crippen molar-refractivity contribution < 1.29 is 14.6 Å². The van der Waals surface area contributed by atoms with Crippen LogP contribution in [0.3, 0.4) is 0 Å². The van der Waals surface area contributed by atoms with E-state index in [4.69, 9.17) is 9.47 Å². The highest BCUT2D eigenvalue weighted by atomic mass is 16.5. The Bertz CT molecular complexity index is 498. The number of benzene rings is 1. The third-order valence-corrected chi connectivity index (χ3v) is 4.31. The topological polar surface area (TPSA) is 51.0 Å². The molecule has 1 unspecified atom stereocenters. The summed E-state index contributed by atoms with van der Waals surface area (Å²) in [6.45, 7) is 5.35. The van der Waals surface area contributed by atoms with Crippen molar-refractivity contribution in [3.8, 4) is 5.75 Å². The summed E-state index contributed by atoms with van der Waals surface area (Å²) in [7, 11) is 0. The molecule has 0 bridgehead atoms. The van der Waals surface area contributed by atoms with E-state index in [0.717, 1.165) is 31.6 Å². The zero-order valence-electron chi connectivity index (χ0n) is 14.4. The van der Waals surface area contributed by atoms with Gasteiger partial charge in [-0.1, -0.05) is 38.3 Å². The number of ether oxygens (including phenoxy) is 2. The Kier molecular flexibility index (Phi) is 6.90. The minimum Gasteiger partial charge on any atom is -0.494 e. The average Bonchev–Trinajstić information content (AvgIpc) is 2.96. The molecule has 128 valence electrons. The second-order valence-electron chi connectivity index (χ2n) is 6.36. The van der Waals surface area contributed by atoms with Crippen LogP contribution in [-0.4, -0.2) is 36.4 Å². The zero-order chi connectivity index (χ0) is 16.5. The smallest absolute Gasteiger partial charge is 0.180 e. The maximum Gasteiger partial charge on any atom is 0.180 e. The van der Waals surface area contributed by atoms with Crippen molar-refractivity contribution in [2.24, 2.45) is 4.99 Å². The van der Waals surface area contributed by atoms with Gasteiger partial charge in [0.25, 0.3) is 0 Å². The van der Waals surface area contributed by atoms with Gasteiger partial charge in [-0.15, -0.1) is 0 Å². The average molecular weight is 319 g/mol. The van der Waals surface area contributed by atoms with Crippen LogP contribution in [-0.2, 0) is 11.2 Å². The molecule has 0 spiro atoms. The Morgan fingerprint density at radius 1 is 1.22 bits per heavy atom. The van der Waals surface area contributed by atoms with Crippen LogP contribution in [0.5, 0.6) is 5.75 Å². The summed E-state index contributed by atoms with van der Waals surface area (Å²) >= 11 is 0. The van der Waals surface area contributed by atoms with E-state index in [0.29, 0.717) is 12.5 Å². The Balaban J connectivity index is 1.76. The molecule has 0 aliphatic carbocycles. The Labute approximate surface area is 139 Å². The van der Waals surface area contributed by atoms with Gasteiger partial charge in [-0.3, -0.25) is 0 Å². The molecule has 1 N–H and O–H groups in total. The van der Waals surface area contributed by atoms with Crippen molar-refractivity contribution in [2.45, 2.75) is 57.9 Å². The first-order valence-electron chi connectivity index (χ1n) is 8.69. The third-order valence-electron chi connectivity index (χ3n) is 4.31. The summed E-state index contributed by atoms with van der Waals surface area (Å²) in [5.41, 5.74) is 0.773. The van der Waals surface area contributed by atoms with Gasteiger partial charge < -0.3 is 14.6 Å². The molecule has 1 heterocycles. The molecule has 0 amide bonds. The fraction of sp³-hybridized carbons (Fsp3) is 0.632. The van der Waals surface area contributed by atoms with Gasteiger partial charge in [0.05, 0.1) is 13.2 Å². The minimum absolute atomic E-state index is 0.0310. The minimum atomic E-state index is -0.460. The lowest BCUT2D eigenvalue weighted by Crippen LogP contribution is -2.33. The van der Waals surface area contributed by atoms with Crippen LogP contribution < -0.4 is 4.74 Å². The molecular weight excluding hydrogens is 290 g/mol. The first kappa shape index (κ1) is 17.8. The first-order chi connectivity index (χ1) is 11.2. The molecule has 0 saturated carbocycles. The summed E-state index contributed by atoms with van der Waals surface area (Å²) in [5.74, 6) is 1.60. The summed E-state index contributed by atoms with van der Waals surface area (Å²) in [6.07, 6.45) is 6.54. The predicted molar refractivity (Wildman–Crippen MR) is 93.3 cm³/mol. The molecule has 1 aliphatic rings. The van der Waals surface area contributed by atoms with Gasteiger partial charge in [0, 0.05) is 6.92 Å². The van der Waals surface area contributed by atoms with Crippen molar-refractivity contribution >= 4 is 5.90 Å². The standard InChI is InChI=1S/C19H29NO3/c1-3-4-5-6-13-22-18-9-7-17(8-10-18)11-12-19(14-21)15-23-16(2)20-19/h7-10,21H,3-6,11-15H2,1-2H3. The van der Waals surface area contributed by atoms with Crippen molar-refractivity contribution in [2.75, 3.05) is 19.8 Å². The SMILES string of the molecule is CCCCCCOc1ccc(CCC2(CO)COC(C)=N2)cc1. The molecule has 2 rings (SSSR count). The molecule has 23 heavy (non-hydrogen) atoms. The lowest BCUT2D eigenvalue weighted by atomic mass is 9.94. The number of aliphatic hydroxyl groups excluding tert-OH is 1. The van der Waals surface area contributed by atoms with E-state index in [1.165, 1.54) is 24.8 Å². The van der Waals surface area contributed by atoms with Crippen LogP contribution in [0.15, 0.2) is 29.3 Å². The lowest BCUT2D eigenvalue weighted by molar-refractivity contribution is 0.150. The molecule has 0 saturated heterocycles. The van der Waals surface area contributed by atoms with E-state index in [9.17, 15) is 5.11 Å². The van der Waals surface area contributed by atoms with Gasteiger partial charge >= 0.3 is 0 Å². The van der Waals surface area contributed by atoms with E-state index in [1.54, 1.807) is 0 Å². The van der Waals surface area contributed by atoms with Gasteiger partial charge in [0.1, 0.15) is 17.9 Å². The van der Waals surface area contributed by atoms with E-state index >= 15 is 0 Å². The number of aryl methyl sites for hydroxylation is 1. The van der Waals surface area contributed by atoms with Gasteiger partial charge in [-0.25, -0.2) is 4.99 Å². The number of unbranched alkanes of at least 4 members (excludes halogenated alkanes) is 3. The number of rotatable bonds is 10. The normalized spacial score (nSPS) is 20.2. The molecule has 0 fully saturated rings. The third kappa shape index (κ3) is 5.54. The molecule has 4 heteroatoms. The van der Waals surface area contributed by atoms with E-state index in [1.807, 2.05) is 19.1 Å². The van der Waals surface area contributed by atoms with Crippen LogP contribution in [0.1, 0.15) is 51.5 Å². The lowest BCUT2D eigenvalue weighted by Gasteiger charge is -2.21. The monoisotopic (exact) mass is 319 g/mol. The van der Waals surface area contributed by atoms with Gasteiger partial charge in [-0.05, 0) is 37.0 Å². The number of aliphatic imine (C=N–C) groups is 1. The summed E-state index contributed by atoms with van der Waals surface area (Å²) in [5, 5.41) is 9.61. The maximum atomic E-state index is 9.61. The molecule has 0 radical (unpaired) electrons. The number of nitrogens with zero attached hydrogens (tertiary/aromatic N) is 1. The number of hydrogen-bond donors (Lipinski definition) is 1. The van der Waals surface area contributed by atoms with Gasteiger partial charge in [0.2, 0.25) is 0 Å². The molecule has 1 atom stereocenters. The highest BCUT2D eigenvalue weighted by Gasteiger charge is 2.34. The van der Waals surface area contributed by atoms with E-state index in [2.05, 4.69) is 24.0 Å². The fourth-order valence-electron chi connectivity index (χ4n) is 2.77. The van der Waals surface area contributed by atoms with Crippen molar-refractivity contribution in [1.82, 2.24) is 0 Å². The molecule has 1 aliphatic heterocycles. The van der Waals surface area contributed by atoms with Crippen LogP contribution in [0.25, 0.3) is 0 Å². The van der Waals surface area contributed by atoms with E-state index < -0.39 is 5.54 Å². The second kappa shape index (κ2) is 8.92. The van der Waals surface area contributed by atoms with E-state index in [-0.39, 0.29) is 6.61 Å². The van der Waals surface area contributed by atoms with Gasteiger partial charge in [-0.2, -0.15) is 0 Å². The fourth-order valence-corrected chi connectivity index (χ4v) is 2.77. The Hall–Kier alpha value is -1.55. The van der Waals surface area contributed by atoms with Crippen LogP contribution in [0, 0.1) is 0 Å². The Morgan fingerprint density at radius 2 is 2.00 bits per heavy atom. The molecule has 1 aromatic rings. The van der Waals surface area contributed by atoms with Gasteiger partial charge in [0.15, 0.2) is 5.90 Å². The first-order valence-corrected chi connectivity index (χ1v) is 8.69. The zero-order valence-corrected chi connectivity index (χ0v) is 14.4. The highest BCUT2D eigenvalue weighted by molar-refractivity contribution is 5.75. The second-order valence-corrected chi connectivity index (χ2v) is 6.36. The predicted octanol–water partition coefficient (Wildman–Crippen LogP) is 3.76. The molecular formula is C19H29NO3. The molecule has 1 aromatic carbocycles. The van der Waals surface area contributed by atoms with Crippen molar-refractivity contribution in [1.29, 1.82) is 0 Å². The largest absolute Gasteiger partial charge is 0.494 e. The molecule has 4 nitrogen and oxygen atoms in total. The Morgan fingerprint density at radius 3 is 2.61 bits per heavy atom. The van der Waals surface area contributed by atoms with Crippen LogP contribution in [0.4, 0.5) is 0 Å². The quantitative estimate of drug-likeness (QED) is 0.668. The number of aliphatic hydroxyl groups is 1. The summed E-state index contributed by atoms with van der Waals surface area (Å²) in [4.78, 5) is 4.46. The molecule has 0 aromatic heterocycles. The highest BCUT2D eigenvalue weighted by Crippen LogP contribution is 2.25. The maximum absolute atomic E-state index is 9.61. The van der Waals surface area contributed by atoms with Crippen LogP contribution >= 0.6 is 0 Å².